The second kappa shape index (κ2) is 7.37. The lowest BCUT2D eigenvalue weighted by Gasteiger charge is -2.06. The third-order valence-corrected chi connectivity index (χ3v) is 3.41. The van der Waals surface area contributed by atoms with Crippen LogP contribution in [0.3, 0.4) is 0 Å². The lowest BCUT2D eigenvalue weighted by molar-refractivity contribution is 0.472. The molecular formula is C19H16FN3O. The van der Waals surface area contributed by atoms with E-state index in [-0.39, 0.29) is 5.75 Å². The minimum Gasteiger partial charge on any atom is -0.506 e. The summed E-state index contributed by atoms with van der Waals surface area (Å²) in [6.07, 6.45) is 6.76. The third kappa shape index (κ3) is 4.39. The Bertz CT molecular complexity index is 813. The zero-order valence-electron chi connectivity index (χ0n) is 12.9. The van der Waals surface area contributed by atoms with E-state index < -0.39 is 5.95 Å². The quantitative estimate of drug-likeness (QED) is 0.695. The number of nitrogens with zero attached hydrogens (tertiary/aromatic N) is 2. The van der Waals surface area contributed by atoms with Gasteiger partial charge < -0.3 is 10.4 Å². The molecule has 0 aliphatic carbocycles. The Kier molecular flexibility index (Phi) is 4.81. The number of rotatable bonds is 5. The predicted octanol–water partition coefficient (Wildman–Crippen LogP) is 4.10. The molecule has 0 bridgehead atoms. The molecule has 0 fully saturated rings. The van der Waals surface area contributed by atoms with E-state index in [0.29, 0.717) is 6.54 Å². The maximum absolute atomic E-state index is 12.8. The molecule has 0 radical (unpaired) electrons. The number of hydrogen-bond donors (Lipinski definition) is 2. The predicted molar refractivity (Wildman–Crippen MR) is 92.8 cm³/mol. The highest BCUT2D eigenvalue weighted by molar-refractivity contribution is 5.69. The summed E-state index contributed by atoms with van der Waals surface area (Å²) >= 11 is 0. The summed E-state index contributed by atoms with van der Waals surface area (Å²) in [5, 5.41) is 12.5. The average Bonchev–Trinajstić information content (AvgIpc) is 2.62. The maximum Gasteiger partial charge on any atom is 0.212 e. The minimum absolute atomic E-state index is 0.152. The summed E-state index contributed by atoms with van der Waals surface area (Å²) < 4.78 is 12.8. The summed E-state index contributed by atoms with van der Waals surface area (Å²) in [7, 11) is 0. The van der Waals surface area contributed by atoms with Crippen LogP contribution >= 0.6 is 0 Å². The molecule has 1 aromatic carbocycles. The van der Waals surface area contributed by atoms with E-state index in [4.69, 9.17) is 0 Å². The van der Waals surface area contributed by atoms with E-state index >= 15 is 0 Å². The van der Waals surface area contributed by atoms with Crippen molar-refractivity contribution in [2.75, 3.05) is 5.32 Å². The fourth-order valence-corrected chi connectivity index (χ4v) is 2.10. The number of aromatic hydroxyl groups is 1. The molecule has 0 spiro atoms. The van der Waals surface area contributed by atoms with Gasteiger partial charge in [0.05, 0.1) is 11.9 Å². The summed E-state index contributed by atoms with van der Waals surface area (Å²) in [4.78, 5) is 7.73. The number of halogens is 1. The third-order valence-electron chi connectivity index (χ3n) is 3.41. The summed E-state index contributed by atoms with van der Waals surface area (Å²) in [5.41, 5.74) is 3.70. The van der Waals surface area contributed by atoms with Gasteiger partial charge in [-0.3, -0.25) is 4.98 Å². The van der Waals surface area contributed by atoms with Crippen molar-refractivity contribution in [3.05, 3.63) is 83.7 Å². The number of nitrogens with one attached hydrogen (secondary N) is 1. The smallest absolute Gasteiger partial charge is 0.212 e. The van der Waals surface area contributed by atoms with Crippen LogP contribution in [0.5, 0.6) is 5.75 Å². The molecule has 0 saturated carbocycles. The van der Waals surface area contributed by atoms with Crippen LogP contribution in [0, 0.1) is 5.95 Å². The van der Waals surface area contributed by atoms with Crippen molar-refractivity contribution in [1.82, 2.24) is 9.97 Å². The molecule has 0 saturated heterocycles. The molecule has 2 heterocycles. The van der Waals surface area contributed by atoms with Crippen molar-refractivity contribution in [2.24, 2.45) is 0 Å². The van der Waals surface area contributed by atoms with Gasteiger partial charge in [0.25, 0.3) is 0 Å². The van der Waals surface area contributed by atoms with E-state index in [1.807, 2.05) is 36.4 Å². The molecule has 0 unspecified atom stereocenters. The van der Waals surface area contributed by atoms with Gasteiger partial charge in [-0.05, 0) is 47.5 Å². The van der Waals surface area contributed by atoms with Crippen LogP contribution in [0.15, 0.2) is 60.9 Å². The van der Waals surface area contributed by atoms with Crippen LogP contribution in [0.2, 0.25) is 0 Å². The molecule has 2 aromatic heterocycles. The first kappa shape index (κ1) is 15.7. The maximum atomic E-state index is 12.8. The number of pyridine rings is 2. The number of aromatic nitrogens is 2. The van der Waals surface area contributed by atoms with E-state index in [1.54, 1.807) is 18.2 Å². The Labute approximate surface area is 139 Å². The highest BCUT2D eigenvalue weighted by Crippen LogP contribution is 2.14. The normalized spacial score (nSPS) is 10.9. The van der Waals surface area contributed by atoms with Crippen LogP contribution in [0.1, 0.15) is 16.8 Å². The largest absolute Gasteiger partial charge is 0.506 e. The molecule has 0 aliphatic heterocycles. The first-order valence-corrected chi connectivity index (χ1v) is 7.46. The molecule has 5 heteroatoms. The molecule has 3 rings (SSSR count). The fraction of sp³-hybridized carbons (Fsp3) is 0.0526. The van der Waals surface area contributed by atoms with Gasteiger partial charge in [-0.2, -0.15) is 4.39 Å². The SMILES string of the molecule is Oc1ccc(/C=C/c2ccc(NCc3ccc(F)nc3)cc2)nc1. The molecular weight excluding hydrogens is 305 g/mol. The van der Waals surface area contributed by atoms with Gasteiger partial charge in [0.2, 0.25) is 5.95 Å². The Balaban J connectivity index is 1.58. The molecule has 0 atom stereocenters. The van der Waals surface area contributed by atoms with E-state index in [9.17, 15) is 9.50 Å². The topological polar surface area (TPSA) is 58.0 Å². The van der Waals surface area contributed by atoms with Crippen molar-refractivity contribution in [1.29, 1.82) is 0 Å². The van der Waals surface area contributed by atoms with E-state index in [0.717, 1.165) is 22.5 Å². The first-order chi connectivity index (χ1) is 11.7. The summed E-state index contributed by atoms with van der Waals surface area (Å²) in [6, 6.07) is 14.3. The van der Waals surface area contributed by atoms with Crippen molar-refractivity contribution < 1.29 is 9.50 Å². The highest BCUT2D eigenvalue weighted by Gasteiger charge is 1.97. The Hall–Kier alpha value is -3.21. The molecule has 4 nitrogen and oxygen atoms in total. The molecule has 3 aromatic rings. The van der Waals surface area contributed by atoms with E-state index in [1.165, 1.54) is 18.5 Å². The minimum atomic E-state index is -0.474. The van der Waals surface area contributed by atoms with Crippen molar-refractivity contribution in [3.63, 3.8) is 0 Å². The molecule has 120 valence electrons. The monoisotopic (exact) mass is 321 g/mol. The van der Waals surface area contributed by atoms with Crippen molar-refractivity contribution in [3.8, 4) is 5.75 Å². The summed E-state index contributed by atoms with van der Waals surface area (Å²) in [6.45, 7) is 0.583. The standard InChI is InChI=1S/C19H16FN3O/c20-19-10-4-15(12-23-19)11-21-16-5-1-14(2-6-16)3-7-17-8-9-18(24)13-22-17/h1-10,12-13,21,24H,11H2/b7-3+. The first-order valence-electron chi connectivity index (χ1n) is 7.46. The van der Waals surface area contributed by atoms with Gasteiger partial charge in [-0.1, -0.05) is 24.3 Å². The van der Waals surface area contributed by atoms with Crippen molar-refractivity contribution in [2.45, 2.75) is 6.54 Å². The van der Waals surface area contributed by atoms with Crippen LogP contribution in [0.4, 0.5) is 10.1 Å². The Morgan fingerprint density at radius 3 is 2.42 bits per heavy atom. The lowest BCUT2D eigenvalue weighted by atomic mass is 10.1. The molecule has 0 aliphatic rings. The molecule has 24 heavy (non-hydrogen) atoms. The molecule has 2 N–H and O–H groups in total. The average molecular weight is 321 g/mol. The number of benzene rings is 1. The van der Waals surface area contributed by atoms with Crippen LogP contribution in [0.25, 0.3) is 12.2 Å². The Morgan fingerprint density at radius 2 is 1.75 bits per heavy atom. The Morgan fingerprint density at radius 1 is 0.917 bits per heavy atom. The van der Waals surface area contributed by atoms with Gasteiger partial charge in [-0.25, -0.2) is 4.98 Å². The zero-order chi connectivity index (χ0) is 16.8. The van der Waals surface area contributed by atoms with Gasteiger partial charge in [0, 0.05) is 18.4 Å². The van der Waals surface area contributed by atoms with Crippen molar-refractivity contribution >= 4 is 17.8 Å². The van der Waals surface area contributed by atoms with Crippen LogP contribution < -0.4 is 5.32 Å². The van der Waals surface area contributed by atoms with Crippen LogP contribution in [-0.4, -0.2) is 15.1 Å². The van der Waals surface area contributed by atoms with Gasteiger partial charge in [-0.15, -0.1) is 0 Å². The zero-order valence-corrected chi connectivity index (χ0v) is 12.9. The van der Waals surface area contributed by atoms with Gasteiger partial charge >= 0.3 is 0 Å². The summed E-state index contributed by atoms with van der Waals surface area (Å²) in [5.74, 6) is -0.322. The lowest BCUT2D eigenvalue weighted by Crippen LogP contribution is -2.00. The van der Waals surface area contributed by atoms with Crippen LogP contribution in [-0.2, 0) is 6.54 Å². The molecule has 0 amide bonds. The number of anilines is 1. The van der Waals surface area contributed by atoms with E-state index in [2.05, 4.69) is 15.3 Å². The van der Waals surface area contributed by atoms with Gasteiger partial charge in [0.1, 0.15) is 5.75 Å². The second-order valence-corrected chi connectivity index (χ2v) is 5.24. The fourth-order valence-electron chi connectivity index (χ4n) is 2.10. The highest BCUT2D eigenvalue weighted by atomic mass is 19.1. The second-order valence-electron chi connectivity index (χ2n) is 5.24. The van der Waals surface area contributed by atoms with Gasteiger partial charge in [0.15, 0.2) is 0 Å². The number of hydrogen-bond acceptors (Lipinski definition) is 4.